The second kappa shape index (κ2) is 5.46. The zero-order chi connectivity index (χ0) is 12.4. The van der Waals surface area contributed by atoms with E-state index in [1.807, 2.05) is 25.1 Å². The van der Waals surface area contributed by atoms with E-state index >= 15 is 0 Å². The highest BCUT2D eigenvalue weighted by Gasteiger charge is 2.06. The van der Waals surface area contributed by atoms with Crippen molar-refractivity contribution in [3.8, 4) is 11.6 Å². The molecule has 0 amide bonds. The van der Waals surface area contributed by atoms with Crippen LogP contribution >= 0.6 is 47.8 Å². The van der Waals surface area contributed by atoms with Crippen LogP contribution in [0.25, 0.3) is 0 Å². The minimum absolute atomic E-state index is 0.507. The van der Waals surface area contributed by atoms with E-state index in [-0.39, 0.29) is 0 Å². The van der Waals surface area contributed by atoms with Crippen LogP contribution in [-0.2, 0) is 0 Å². The molecule has 88 valence electrons. The van der Waals surface area contributed by atoms with E-state index in [2.05, 4.69) is 57.8 Å². The molecule has 0 atom stereocenters. The quantitative estimate of drug-likeness (QED) is 0.648. The van der Waals surface area contributed by atoms with Crippen LogP contribution in [0.2, 0.25) is 0 Å². The summed E-state index contributed by atoms with van der Waals surface area (Å²) in [5.41, 5.74) is 0. The Morgan fingerprint density at radius 1 is 1.06 bits per heavy atom. The molecule has 0 unspecified atom stereocenters. The first-order chi connectivity index (χ1) is 8.04. The van der Waals surface area contributed by atoms with Gasteiger partial charge >= 0.3 is 0 Å². The molecule has 1 aromatic heterocycles. The molecule has 0 aliphatic rings. The molecule has 6 heteroatoms. The molecule has 2 rings (SSSR count). The van der Waals surface area contributed by atoms with E-state index in [1.165, 1.54) is 0 Å². The summed E-state index contributed by atoms with van der Waals surface area (Å²) >= 11 is 10.1. The largest absolute Gasteiger partial charge is 0.438 e. The number of benzene rings is 1. The second-order valence-corrected chi connectivity index (χ2v) is 5.84. The average molecular weight is 423 g/mol. The third-order valence-electron chi connectivity index (χ3n) is 1.89. The van der Waals surface area contributed by atoms with Crippen molar-refractivity contribution >= 4 is 47.8 Å². The molecule has 0 fully saturated rings. The zero-order valence-corrected chi connectivity index (χ0v) is 13.5. The van der Waals surface area contributed by atoms with Gasteiger partial charge in [-0.15, -0.1) is 0 Å². The third-order valence-corrected chi connectivity index (χ3v) is 3.41. The summed E-state index contributed by atoms with van der Waals surface area (Å²) < 4.78 is 8.22. The molecular weight excluding hydrogens is 416 g/mol. The molecule has 1 aromatic carbocycles. The summed E-state index contributed by atoms with van der Waals surface area (Å²) in [6, 6.07) is 7.41. The lowest BCUT2D eigenvalue weighted by molar-refractivity contribution is 0.456. The van der Waals surface area contributed by atoms with E-state index in [1.54, 1.807) is 6.07 Å². The topological polar surface area (TPSA) is 35.0 Å². The number of rotatable bonds is 2. The van der Waals surface area contributed by atoms with Crippen LogP contribution in [-0.4, -0.2) is 9.97 Å². The van der Waals surface area contributed by atoms with Gasteiger partial charge in [0.15, 0.2) is 0 Å². The van der Waals surface area contributed by atoms with Crippen molar-refractivity contribution in [2.24, 2.45) is 0 Å². The van der Waals surface area contributed by atoms with Crippen molar-refractivity contribution < 1.29 is 4.74 Å². The number of aryl methyl sites for hydroxylation is 1. The van der Waals surface area contributed by atoms with Crippen LogP contribution in [0.5, 0.6) is 11.6 Å². The van der Waals surface area contributed by atoms with Crippen molar-refractivity contribution in [1.29, 1.82) is 0 Å². The Morgan fingerprint density at radius 2 is 1.82 bits per heavy atom. The summed E-state index contributed by atoms with van der Waals surface area (Å²) in [4.78, 5) is 8.32. The standard InChI is InChI=1S/C11H7Br3N2O/c1-6-15-10(14)5-11(16-6)17-9-3-2-7(12)4-8(9)13/h2-5H,1H3. The lowest BCUT2D eigenvalue weighted by atomic mass is 10.3. The number of aromatic nitrogens is 2. The smallest absolute Gasteiger partial charge is 0.223 e. The average Bonchev–Trinajstić information content (AvgIpc) is 2.21. The summed E-state index contributed by atoms with van der Waals surface area (Å²) in [6.07, 6.45) is 0. The van der Waals surface area contributed by atoms with Crippen LogP contribution in [0.4, 0.5) is 0 Å². The Bertz CT molecular complexity index is 540. The first-order valence-electron chi connectivity index (χ1n) is 4.69. The fourth-order valence-electron chi connectivity index (χ4n) is 1.23. The maximum Gasteiger partial charge on any atom is 0.223 e. The van der Waals surface area contributed by atoms with Gasteiger partial charge in [0.25, 0.3) is 0 Å². The van der Waals surface area contributed by atoms with Crippen molar-refractivity contribution in [3.63, 3.8) is 0 Å². The van der Waals surface area contributed by atoms with Gasteiger partial charge in [0.1, 0.15) is 16.2 Å². The molecule has 0 spiro atoms. The molecular formula is C11H7Br3N2O. The van der Waals surface area contributed by atoms with Crippen LogP contribution in [0.15, 0.2) is 37.8 Å². The van der Waals surface area contributed by atoms with Crippen LogP contribution in [0.3, 0.4) is 0 Å². The highest BCUT2D eigenvalue weighted by molar-refractivity contribution is 9.11. The summed E-state index contributed by atoms with van der Waals surface area (Å²) in [7, 11) is 0. The van der Waals surface area contributed by atoms with Crippen LogP contribution < -0.4 is 4.74 Å². The van der Waals surface area contributed by atoms with E-state index in [4.69, 9.17) is 4.74 Å². The first-order valence-corrected chi connectivity index (χ1v) is 7.06. The van der Waals surface area contributed by atoms with Gasteiger partial charge in [-0.25, -0.2) is 4.98 Å². The highest BCUT2D eigenvalue weighted by atomic mass is 79.9. The molecule has 17 heavy (non-hydrogen) atoms. The minimum Gasteiger partial charge on any atom is -0.438 e. The maximum atomic E-state index is 5.68. The van der Waals surface area contributed by atoms with Gasteiger partial charge in [-0.1, -0.05) is 15.9 Å². The number of ether oxygens (including phenoxy) is 1. The van der Waals surface area contributed by atoms with E-state index in [0.29, 0.717) is 22.1 Å². The predicted octanol–water partition coefficient (Wildman–Crippen LogP) is 4.86. The Labute approximate surface area is 124 Å². The molecule has 2 aromatic rings. The minimum atomic E-state index is 0.507. The summed E-state index contributed by atoms with van der Waals surface area (Å²) in [5, 5.41) is 0. The van der Waals surface area contributed by atoms with Gasteiger partial charge in [0.05, 0.1) is 4.47 Å². The Kier molecular flexibility index (Phi) is 4.17. The highest BCUT2D eigenvalue weighted by Crippen LogP contribution is 2.31. The van der Waals surface area contributed by atoms with E-state index < -0.39 is 0 Å². The Balaban J connectivity index is 2.31. The number of halogens is 3. The molecule has 0 bridgehead atoms. The molecule has 0 saturated carbocycles. The second-order valence-electron chi connectivity index (χ2n) is 3.25. The maximum absolute atomic E-state index is 5.68. The fourth-order valence-corrected chi connectivity index (χ4v) is 2.81. The lowest BCUT2D eigenvalue weighted by Gasteiger charge is -2.07. The SMILES string of the molecule is Cc1nc(Br)cc(Oc2ccc(Br)cc2Br)n1. The van der Waals surface area contributed by atoms with Crippen molar-refractivity contribution in [3.05, 3.63) is 43.6 Å². The molecule has 0 N–H and O–H groups in total. The number of hydrogen-bond donors (Lipinski definition) is 0. The molecule has 1 heterocycles. The zero-order valence-electron chi connectivity index (χ0n) is 8.75. The Hall–Kier alpha value is -0.460. The van der Waals surface area contributed by atoms with Gasteiger partial charge in [-0.3, -0.25) is 0 Å². The van der Waals surface area contributed by atoms with Crippen molar-refractivity contribution in [1.82, 2.24) is 9.97 Å². The molecule has 0 radical (unpaired) electrons. The molecule has 0 aliphatic carbocycles. The van der Waals surface area contributed by atoms with Gasteiger partial charge in [0, 0.05) is 10.5 Å². The number of hydrogen-bond acceptors (Lipinski definition) is 3. The van der Waals surface area contributed by atoms with Crippen LogP contribution in [0.1, 0.15) is 5.82 Å². The van der Waals surface area contributed by atoms with Gasteiger partial charge in [-0.05, 0) is 57.0 Å². The van der Waals surface area contributed by atoms with Crippen LogP contribution in [0, 0.1) is 6.92 Å². The van der Waals surface area contributed by atoms with E-state index in [0.717, 1.165) is 8.95 Å². The monoisotopic (exact) mass is 420 g/mol. The molecule has 0 saturated heterocycles. The summed E-state index contributed by atoms with van der Waals surface area (Å²) in [6.45, 7) is 1.81. The summed E-state index contributed by atoms with van der Waals surface area (Å²) in [5.74, 6) is 1.87. The molecule has 3 nitrogen and oxygen atoms in total. The third kappa shape index (κ3) is 3.50. The van der Waals surface area contributed by atoms with Crippen molar-refractivity contribution in [2.75, 3.05) is 0 Å². The van der Waals surface area contributed by atoms with Crippen molar-refractivity contribution in [2.45, 2.75) is 6.92 Å². The molecule has 0 aliphatic heterocycles. The first kappa shape index (κ1) is 13.0. The lowest BCUT2D eigenvalue weighted by Crippen LogP contribution is -1.93. The predicted molar refractivity (Wildman–Crippen MR) is 76.4 cm³/mol. The van der Waals surface area contributed by atoms with Gasteiger partial charge < -0.3 is 4.74 Å². The normalized spacial score (nSPS) is 10.4. The number of nitrogens with zero attached hydrogens (tertiary/aromatic N) is 2. The van der Waals surface area contributed by atoms with E-state index in [9.17, 15) is 0 Å². The fraction of sp³-hybridized carbons (Fsp3) is 0.0909. The Morgan fingerprint density at radius 3 is 2.47 bits per heavy atom. The van der Waals surface area contributed by atoms with Gasteiger partial charge in [0.2, 0.25) is 5.88 Å². The van der Waals surface area contributed by atoms with Gasteiger partial charge in [-0.2, -0.15) is 4.98 Å².